The molecular formula is C11H11F3N2. The topological polar surface area (TPSA) is 25.8 Å². The molecule has 0 saturated heterocycles. The fourth-order valence-corrected chi connectivity index (χ4v) is 1.00. The quantitative estimate of drug-likeness (QED) is 0.782. The van der Waals surface area contributed by atoms with Gasteiger partial charge in [-0.1, -0.05) is 19.4 Å². The highest BCUT2D eigenvalue weighted by molar-refractivity contribution is 5.58. The van der Waals surface area contributed by atoms with Crippen LogP contribution in [0.5, 0.6) is 0 Å². The SMILES string of the molecule is CCC/C=C/c1ncc(C(F)=C(F)F)cn1. The van der Waals surface area contributed by atoms with Crippen LogP contribution in [0.1, 0.15) is 31.2 Å². The van der Waals surface area contributed by atoms with Crippen LogP contribution in [0.4, 0.5) is 13.2 Å². The van der Waals surface area contributed by atoms with Gasteiger partial charge < -0.3 is 0 Å². The molecule has 0 atom stereocenters. The maximum Gasteiger partial charge on any atom is 0.306 e. The van der Waals surface area contributed by atoms with E-state index in [4.69, 9.17) is 0 Å². The van der Waals surface area contributed by atoms with Gasteiger partial charge in [0, 0.05) is 12.4 Å². The highest BCUT2D eigenvalue weighted by Gasteiger charge is 2.08. The van der Waals surface area contributed by atoms with E-state index in [-0.39, 0.29) is 5.56 Å². The maximum absolute atomic E-state index is 12.7. The van der Waals surface area contributed by atoms with Gasteiger partial charge in [0.2, 0.25) is 0 Å². The van der Waals surface area contributed by atoms with E-state index in [1.54, 1.807) is 6.08 Å². The second kappa shape index (κ2) is 6.05. The van der Waals surface area contributed by atoms with Crippen LogP contribution in [0, 0.1) is 0 Å². The fourth-order valence-electron chi connectivity index (χ4n) is 1.00. The number of nitrogens with zero attached hydrogens (tertiary/aromatic N) is 2. The second-order valence-corrected chi connectivity index (χ2v) is 3.10. The first-order chi connectivity index (χ1) is 7.65. The standard InChI is InChI=1S/C11H11F3N2/c1-2-3-4-5-9-15-6-8(7-16-9)10(12)11(13)14/h4-7H,2-3H2,1H3/b5-4+. The summed E-state index contributed by atoms with van der Waals surface area (Å²) in [7, 11) is 0. The zero-order valence-corrected chi connectivity index (χ0v) is 8.75. The molecule has 0 amide bonds. The summed E-state index contributed by atoms with van der Waals surface area (Å²) in [5.74, 6) is -1.20. The van der Waals surface area contributed by atoms with E-state index in [0.29, 0.717) is 5.82 Å². The molecule has 0 aromatic carbocycles. The summed E-state index contributed by atoms with van der Waals surface area (Å²) in [5.41, 5.74) is -0.312. The molecule has 1 rings (SSSR count). The molecule has 0 unspecified atom stereocenters. The van der Waals surface area contributed by atoms with Gasteiger partial charge in [0.1, 0.15) is 0 Å². The molecule has 0 aliphatic rings. The molecule has 1 aromatic rings. The van der Waals surface area contributed by atoms with E-state index in [0.717, 1.165) is 25.2 Å². The minimum absolute atomic E-state index is 0.312. The number of rotatable bonds is 4. The van der Waals surface area contributed by atoms with Crippen LogP contribution < -0.4 is 0 Å². The molecule has 5 heteroatoms. The van der Waals surface area contributed by atoms with E-state index in [1.807, 2.05) is 13.0 Å². The first kappa shape index (κ1) is 12.4. The number of hydrogen-bond acceptors (Lipinski definition) is 2. The largest absolute Gasteiger partial charge is 0.306 e. The van der Waals surface area contributed by atoms with E-state index >= 15 is 0 Å². The van der Waals surface area contributed by atoms with Crippen molar-refractivity contribution in [3.63, 3.8) is 0 Å². The molecule has 0 bridgehead atoms. The summed E-state index contributed by atoms with van der Waals surface area (Å²) in [6.07, 6.45) is 5.13. The first-order valence-corrected chi connectivity index (χ1v) is 4.85. The van der Waals surface area contributed by atoms with Crippen molar-refractivity contribution in [2.75, 3.05) is 0 Å². The van der Waals surface area contributed by atoms with Gasteiger partial charge in [0.05, 0.1) is 5.56 Å². The third-order valence-electron chi connectivity index (χ3n) is 1.81. The van der Waals surface area contributed by atoms with Gasteiger partial charge in [-0.2, -0.15) is 8.78 Å². The van der Waals surface area contributed by atoms with Gasteiger partial charge in [-0.05, 0) is 12.5 Å². The van der Waals surface area contributed by atoms with Crippen molar-refractivity contribution in [3.8, 4) is 0 Å². The molecule has 0 N–H and O–H groups in total. The minimum Gasteiger partial charge on any atom is -0.236 e. The van der Waals surface area contributed by atoms with Crippen LogP contribution >= 0.6 is 0 Å². The molecule has 0 spiro atoms. The Morgan fingerprint density at radius 2 is 1.88 bits per heavy atom. The van der Waals surface area contributed by atoms with Crippen molar-refractivity contribution >= 4 is 11.9 Å². The predicted molar refractivity (Wildman–Crippen MR) is 56.2 cm³/mol. The zero-order chi connectivity index (χ0) is 12.0. The van der Waals surface area contributed by atoms with Gasteiger partial charge in [-0.15, -0.1) is 0 Å². The summed E-state index contributed by atoms with van der Waals surface area (Å²) < 4.78 is 36.5. The molecule has 0 fully saturated rings. The van der Waals surface area contributed by atoms with Gasteiger partial charge >= 0.3 is 6.08 Å². The first-order valence-electron chi connectivity index (χ1n) is 4.85. The van der Waals surface area contributed by atoms with Crippen LogP contribution in [-0.2, 0) is 0 Å². The van der Waals surface area contributed by atoms with Gasteiger partial charge in [-0.3, -0.25) is 0 Å². The summed E-state index contributed by atoms with van der Waals surface area (Å²) in [5, 5.41) is 0. The fraction of sp³-hybridized carbons (Fsp3) is 0.273. The van der Waals surface area contributed by atoms with Crippen LogP contribution in [0.2, 0.25) is 0 Å². The zero-order valence-electron chi connectivity index (χ0n) is 8.75. The molecule has 1 heterocycles. The number of allylic oxidation sites excluding steroid dienone is 1. The third-order valence-corrected chi connectivity index (χ3v) is 1.81. The Kier molecular flexibility index (Phi) is 4.69. The smallest absolute Gasteiger partial charge is 0.236 e. The lowest BCUT2D eigenvalue weighted by Gasteiger charge is -1.96. The molecule has 0 aliphatic carbocycles. The van der Waals surface area contributed by atoms with Crippen LogP contribution in [0.25, 0.3) is 11.9 Å². The summed E-state index contributed by atoms with van der Waals surface area (Å²) >= 11 is 0. The van der Waals surface area contributed by atoms with Crippen LogP contribution in [0.3, 0.4) is 0 Å². The maximum atomic E-state index is 12.7. The molecule has 0 aliphatic heterocycles. The van der Waals surface area contributed by atoms with E-state index in [9.17, 15) is 13.2 Å². The lowest BCUT2D eigenvalue weighted by Crippen LogP contribution is -1.89. The Morgan fingerprint density at radius 3 is 2.38 bits per heavy atom. The second-order valence-electron chi connectivity index (χ2n) is 3.10. The van der Waals surface area contributed by atoms with Gasteiger partial charge in [0.15, 0.2) is 11.7 Å². The Hall–Kier alpha value is -1.65. The molecule has 0 saturated carbocycles. The van der Waals surface area contributed by atoms with E-state index < -0.39 is 11.9 Å². The van der Waals surface area contributed by atoms with Crippen molar-refractivity contribution < 1.29 is 13.2 Å². The Labute approximate surface area is 91.5 Å². The number of hydrogen-bond donors (Lipinski definition) is 0. The van der Waals surface area contributed by atoms with Gasteiger partial charge in [0.25, 0.3) is 0 Å². The Bertz CT molecular complexity index is 392. The lowest BCUT2D eigenvalue weighted by molar-refractivity contribution is 0.410. The lowest BCUT2D eigenvalue weighted by atomic mass is 10.3. The summed E-state index contributed by atoms with van der Waals surface area (Å²) in [4.78, 5) is 7.50. The monoisotopic (exact) mass is 228 g/mol. The van der Waals surface area contributed by atoms with Crippen molar-refractivity contribution in [3.05, 3.63) is 35.9 Å². The number of unbranched alkanes of at least 4 members (excludes halogenated alkanes) is 1. The number of halogens is 3. The molecular weight excluding hydrogens is 217 g/mol. The third kappa shape index (κ3) is 3.49. The highest BCUT2D eigenvalue weighted by atomic mass is 19.3. The van der Waals surface area contributed by atoms with Crippen LogP contribution in [-0.4, -0.2) is 9.97 Å². The van der Waals surface area contributed by atoms with Crippen molar-refractivity contribution in [2.24, 2.45) is 0 Å². The van der Waals surface area contributed by atoms with E-state index in [1.165, 1.54) is 0 Å². The minimum atomic E-state index is -2.36. The number of aromatic nitrogens is 2. The normalized spacial score (nSPS) is 10.8. The van der Waals surface area contributed by atoms with Crippen molar-refractivity contribution in [1.82, 2.24) is 9.97 Å². The molecule has 0 radical (unpaired) electrons. The average molecular weight is 228 g/mol. The predicted octanol–water partition coefficient (Wildman–Crippen LogP) is 3.82. The molecule has 1 aromatic heterocycles. The average Bonchev–Trinajstić information content (AvgIpc) is 2.29. The Morgan fingerprint density at radius 1 is 1.25 bits per heavy atom. The molecule has 2 nitrogen and oxygen atoms in total. The molecule has 86 valence electrons. The summed E-state index contributed by atoms with van der Waals surface area (Å²) in [6.45, 7) is 2.03. The molecule has 16 heavy (non-hydrogen) atoms. The van der Waals surface area contributed by atoms with Crippen molar-refractivity contribution in [2.45, 2.75) is 19.8 Å². The van der Waals surface area contributed by atoms with E-state index in [2.05, 4.69) is 9.97 Å². The van der Waals surface area contributed by atoms with Crippen molar-refractivity contribution in [1.29, 1.82) is 0 Å². The highest BCUT2D eigenvalue weighted by Crippen LogP contribution is 2.20. The van der Waals surface area contributed by atoms with Gasteiger partial charge in [-0.25, -0.2) is 14.4 Å². The Balaban J connectivity index is 2.80. The summed E-state index contributed by atoms with van der Waals surface area (Å²) in [6, 6.07) is 0. The van der Waals surface area contributed by atoms with Crippen LogP contribution in [0.15, 0.2) is 24.6 Å².